The number of benzene rings is 2. The summed E-state index contributed by atoms with van der Waals surface area (Å²) in [5, 5.41) is 0. The molecule has 0 bridgehead atoms. The minimum Gasteiger partial charge on any atom is -0.339 e. The fraction of sp³-hybridized carbons (Fsp3) is 0.333. The molecule has 0 spiro atoms. The lowest BCUT2D eigenvalue weighted by atomic mass is 9.96. The Balaban J connectivity index is 2.02. The van der Waals surface area contributed by atoms with E-state index in [0.29, 0.717) is 11.8 Å². The van der Waals surface area contributed by atoms with Crippen LogP contribution in [0.3, 0.4) is 0 Å². The van der Waals surface area contributed by atoms with E-state index >= 15 is 0 Å². The molecule has 1 aliphatic rings. The number of para-hydroxylation sites is 2. The maximum Gasteiger partial charge on any atom is 0.0552 e. The Morgan fingerprint density at radius 1 is 0.952 bits per heavy atom. The van der Waals surface area contributed by atoms with Crippen LogP contribution in [0.15, 0.2) is 58.3 Å². The van der Waals surface area contributed by atoms with Crippen molar-refractivity contribution in [3.8, 4) is 0 Å². The lowest BCUT2D eigenvalue weighted by molar-refractivity contribution is 0.434. The summed E-state index contributed by atoms with van der Waals surface area (Å²) < 4.78 is 0. The number of hydrogen-bond donors (Lipinski definition) is 1. The molecule has 3 heteroatoms. The van der Waals surface area contributed by atoms with E-state index in [0.717, 1.165) is 12.3 Å². The van der Waals surface area contributed by atoms with Crippen LogP contribution in [-0.4, -0.2) is 12.3 Å². The summed E-state index contributed by atoms with van der Waals surface area (Å²) in [5.74, 6) is 2.14. The number of hydrogen-bond acceptors (Lipinski definition) is 3. The molecule has 0 saturated heterocycles. The molecule has 21 heavy (non-hydrogen) atoms. The number of anilines is 2. The number of nitrogens with zero attached hydrogens (tertiary/aromatic N) is 1. The second-order valence-electron chi connectivity index (χ2n) is 5.83. The number of rotatable bonds is 4. The molecule has 3 rings (SSSR count). The van der Waals surface area contributed by atoms with Crippen molar-refractivity contribution in [2.75, 3.05) is 17.2 Å². The van der Waals surface area contributed by atoms with Gasteiger partial charge in [-0.1, -0.05) is 49.9 Å². The van der Waals surface area contributed by atoms with Crippen molar-refractivity contribution in [2.24, 2.45) is 11.8 Å². The highest BCUT2D eigenvalue weighted by atomic mass is 32.2. The predicted octanol–water partition coefficient (Wildman–Crippen LogP) is 5.49. The first-order valence-corrected chi connectivity index (χ1v) is 8.90. The van der Waals surface area contributed by atoms with E-state index in [9.17, 15) is 0 Å². The monoisotopic (exact) mass is 315 g/mol. The molecule has 1 nitrogen and oxygen atoms in total. The third-order valence-corrected chi connectivity index (χ3v) is 5.73. The summed E-state index contributed by atoms with van der Waals surface area (Å²) in [5.41, 5.74) is 2.65. The van der Waals surface area contributed by atoms with Crippen molar-refractivity contribution in [3.63, 3.8) is 0 Å². The molecule has 1 unspecified atom stereocenters. The van der Waals surface area contributed by atoms with Crippen molar-refractivity contribution in [1.82, 2.24) is 0 Å². The van der Waals surface area contributed by atoms with E-state index in [1.54, 1.807) is 0 Å². The number of thiol groups is 1. The lowest BCUT2D eigenvalue weighted by Crippen LogP contribution is -2.30. The Morgan fingerprint density at radius 3 is 1.95 bits per heavy atom. The molecule has 2 aromatic rings. The minimum absolute atomic E-state index is 0.581. The third kappa shape index (κ3) is 2.95. The smallest absolute Gasteiger partial charge is 0.0552 e. The molecule has 1 aliphatic heterocycles. The summed E-state index contributed by atoms with van der Waals surface area (Å²) in [6.07, 6.45) is 0. The normalized spacial score (nSPS) is 14.8. The van der Waals surface area contributed by atoms with Gasteiger partial charge >= 0.3 is 0 Å². The van der Waals surface area contributed by atoms with Crippen molar-refractivity contribution < 1.29 is 0 Å². The zero-order valence-electron chi connectivity index (χ0n) is 12.5. The molecular formula is C18H21NS2. The molecule has 2 aromatic carbocycles. The van der Waals surface area contributed by atoms with Gasteiger partial charge in [0.1, 0.15) is 0 Å². The topological polar surface area (TPSA) is 3.24 Å². The van der Waals surface area contributed by atoms with Gasteiger partial charge in [0.05, 0.1) is 11.4 Å². The zero-order valence-corrected chi connectivity index (χ0v) is 14.2. The van der Waals surface area contributed by atoms with Crippen LogP contribution in [0.1, 0.15) is 13.8 Å². The molecule has 0 amide bonds. The SMILES string of the molecule is CC(C)C(CS)CN1c2ccccc2Sc2ccccc21. The first-order chi connectivity index (χ1) is 10.2. The van der Waals surface area contributed by atoms with Gasteiger partial charge in [-0.2, -0.15) is 12.6 Å². The van der Waals surface area contributed by atoms with E-state index in [1.807, 2.05) is 11.8 Å². The van der Waals surface area contributed by atoms with E-state index in [-0.39, 0.29) is 0 Å². The first kappa shape index (κ1) is 14.9. The van der Waals surface area contributed by atoms with E-state index in [2.05, 4.69) is 79.9 Å². The largest absolute Gasteiger partial charge is 0.339 e. The van der Waals surface area contributed by atoms with Crippen LogP contribution < -0.4 is 4.90 Å². The first-order valence-electron chi connectivity index (χ1n) is 7.45. The number of fused-ring (bicyclic) bond motifs is 2. The van der Waals surface area contributed by atoms with Gasteiger partial charge < -0.3 is 4.90 Å². The summed E-state index contributed by atoms with van der Waals surface area (Å²) in [6.45, 7) is 5.60. The van der Waals surface area contributed by atoms with E-state index in [1.165, 1.54) is 21.2 Å². The van der Waals surface area contributed by atoms with Crippen LogP contribution in [0.5, 0.6) is 0 Å². The van der Waals surface area contributed by atoms with Crippen LogP contribution in [0.25, 0.3) is 0 Å². The molecule has 0 aliphatic carbocycles. The molecular weight excluding hydrogens is 294 g/mol. The second-order valence-corrected chi connectivity index (χ2v) is 7.28. The highest BCUT2D eigenvalue weighted by Crippen LogP contribution is 2.48. The van der Waals surface area contributed by atoms with Gasteiger partial charge in [-0.15, -0.1) is 0 Å². The summed E-state index contributed by atoms with van der Waals surface area (Å²) in [4.78, 5) is 5.16. The van der Waals surface area contributed by atoms with Crippen molar-refractivity contribution in [3.05, 3.63) is 48.5 Å². The minimum atomic E-state index is 0.581. The van der Waals surface area contributed by atoms with Crippen LogP contribution in [-0.2, 0) is 0 Å². The standard InChI is InChI=1S/C18H21NS2/c1-13(2)14(12-20)11-19-15-7-3-5-9-17(15)21-18-10-6-4-8-16(18)19/h3-10,13-14,20H,11-12H2,1-2H3. The second kappa shape index (κ2) is 6.37. The van der Waals surface area contributed by atoms with E-state index in [4.69, 9.17) is 0 Å². The van der Waals surface area contributed by atoms with Crippen molar-refractivity contribution >= 4 is 35.8 Å². The van der Waals surface area contributed by atoms with Crippen molar-refractivity contribution in [1.29, 1.82) is 0 Å². The average molecular weight is 316 g/mol. The molecule has 110 valence electrons. The molecule has 1 atom stereocenters. The van der Waals surface area contributed by atoms with Gasteiger partial charge in [-0.3, -0.25) is 0 Å². The van der Waals surface area contributed by atoms with Gasteiger partial charge in [-0.05, 0) is 41.9 Å². The molecule has 0 fully saturated rings. The third-order valence-electron chi connectivity index (χ3n) is 4.13. The lowest BCUT2D eigenvalue weighted by Gasteiger charge is -2.36. The zero-order chi connectivity index (χ0) is 14.8. The van der Waals surface area contributed by atoms with Gasteiger partial charge in [0, 0.05) is 16.3 Å². The van der Waals surface area contributed by atoms with Crippen LogP contribution in [0.2, 0.25) is 0 Å². The van der Waals surface area contributed by atoms with E-state index < -0.39 is 0 Å². The molecule has 0 radical (unpaired) electrons. The fourth-order valence-electron chi connectivity index (χ4n) is 2.69. The Hall–Kier alpha value is -1.06. The quantitative estimate of drug-likeness (QED) is 0.743. The molecule has 1 heterocycles. The van der Waals surface area contributed by atoms with Gasteiger partial charge in [0.25, 0.3) is 0 Å². The summed E-state index contributed by atoms with van der Waals surface area (Å²) in [6, 6.07) is 17.4. The van der Waals surface area contributed by atoms with Crippen LogP contribution in [0.4, 0.5) is 11.4 Å². The van der Waals surface area contributed by atoms with Crippen LogP contribution >= 0.6 is 24.4 Å². The van der Waals surface area contributed by atoms with Crippen molar-refractivity contribution in [2.45, 2.75) is 23.6 Å². The Bertz CT molecular complexity index is 579. The summed E-state index contributed by atoms with van der Waals surface area (Å²) >= 11 is 6.43. The molecule has 0 saturated carbocycles. The highest BCUT2D eigenvalue weighted by molar-refractivity contribution is 7.99. The highest BCUT2D eigenvalue weighted by Gasteiger charge is 2.25. The summed E-state index contributed by atoms with van der Waals surface area (Å²) in [7, 11) is 0. The van der Waals surface area contributed by atoms with Gasteiger partial charge in [-0.25, -0.2) is 0 Å². The Morgan fingerprint density at radius 2 is 1.48 bits per heavy atom. The molecule has 0 aromatic heterocycles. The maximum absolute atomic E-state index is 4.56. The fourth-order valence-corrected chi connectivity index (χ4v) is 4.32. The van der Waals surface area contributed by atoms with Crippen LogP contribution in [0, 0.1) is 11.8 Å². The van der Waals surface area contributed by atoms with Gasteiger partial charge in [0.15, 0.2) is 0 Å². The van der Waals surface area contributed by atoms with Gasteiger partial charge in [0.2, 0.25) is 0 Å². The molecule has 0 N–H and O–H groups in total. The Labute approximate surface area is 137 Å². The predicted molar refractivity (Wildman–Crippen MR) is 96.2 cm³/mol. The Kier molecular flexibility index (Phi) is 4.51. The maximum atomic E-state index is 4.56. The average Bonchev–Trinajstić information content (AvgIpc) is 2.51.